The molecule has 0 radical (unpaired) electrons. The van der Waals surface area contributed by atoms with Crippen molar-refractivity contribution in [3.05, 3.63) is 55.4 Å². The van der Waals surface area contributed by atoms with Crippen molar-refractivity contribution in [3.8, 4) is 0 Å². The zero-order chi connectivity index (χ0) is 11.7. The fourth-order valence-electron chi connectivity index (χ4n) is 1.24. The van der Waals surface area contributed by atoms with Crippen molar-refractivity contribution in [1.29, 1.82) is 0 Å². The van der Waals surface area contributed by atoms with Gasteiger partial charge in [0.1, 0.15) is 5.82 Å². The van der Waals surface area contributed by atoms with E-state index < -0.39 is 5.82 Å². The Morgan fingerprint density at radius 2 is 2.12 bits per heavy atom. The Kier molecular flexibility index (Phi) is 3.42. The van der Waals surface area contributed by atoms with E-state index in [4.69, 9.17) is 11.6 Å². The summed E-state index contributed by atoms with van der Waals surface area (Å²) >= 11 is 10.2. The van der Waals surface area contributed by atoms with Gasteiger partial charge in [0.05, 0.1) is 5.02 Å². The van der Waals surface area contributed by atoms with Gasteiger partial charge >= 0.3 is 0 Å². The number of ketones is 1. The maximum atomic E-state index is 13.2. The van der Waals surface area contributed by atoms with Crippen molar-refractivity contribution in [3.63, 3.8) is 0 Å². The summed E-state index contributed by atoms with van der Waals surface area (Å²) in [5, 5.41) is 3.54. The molecule has 0 saturated carbocycles. The van der Waals surface area contributed by atoms with Gasteiger partial charge in [0.2, 0.25) is 0 Å². The van der Waals surface area contributed by atoms with Crippen molar-refractivity contribution in [1.82, 2.24) is 0 Å². The van der Waals surface area contributed by atoms with Crippen LogP contribution in [0.15, 0.2) is 33.4 Å². The van der Waals surface area contributed by atoms with Gasteiger partial charge in [-0.15, -0.1) is 0 Å². The summed E-state index contributed by atoms with van der Waals surface area (Å²) in [7, 11) is 0. The Balaban J connectivity index is 2.42. The third kappa shape index (κ3) is 2.19. The fraction of sp³-hybridized carbons (Fsp3) is 0. The molecule has 0 saturated heterocycles. The van der Waals surface area contributed by atoms with E-state index in [-0.39, 0.29) is 10.8 Å². The molecule has 0 bridgehead atoms. The zero-order valence-electron chi connectivity index (χ0n) is 7.84. The molecule has 0 aliphatic heterocycles. The monoisotopic (exact) mass is 318 g/mol. The average molecular weight is 320 g/mol. The smallest absolute Gasteiger partial charge is 0.195 e. The maximum absolute atomic E-state index is 13.2. The number of halogens is 3. The Morgan fingerprint density at radius 1 is 1.38 bits per heavy atom. The van der Waals surface area contributed by atoms with Crippen LogP contribution >= 0.6 is 38.9 Å². The number of benzene rings is 1. The van der Waals surface area contributed by atoms with Crippen LogP contribution < -0.4 is 0 Å². The molecule has 2 aromatic rings. The lowest BCUT2D eigenvalue weighted by Crippen LogP contribution is -2.01. The predicted molar refractivity (Wildman–Crippen MR) is 66.9 cm³/mol. The van der Waals surface area contributed by atoms with Crippen LogP contribution in [0.5, 0.6) is 0 Å². The summed E-state index contributed by atoms with van der Waals surface area (Å²) in [5.74, 6) is -0.803. The molecule has 2 rings (SSSR count). The first kappa shape index (κ1) is 11.8. The first-order chi connectivity index (χ1) is 7.59. The highest BCUT2D eigenvalue weighted by Gasteiger charge is 2.14. The highest BCUT2D eigenvalue weighted by molar-refractivity contribution is 9.10. The van der Waals surface area contributed by atoms with E-state index in [2.05, 4.69) is 15.9 Å². The quantitative estimate of drug-likeness (QED) is 0.743. The third-order valence-corrected chi connectivity index (χ3v) is 4.05. The van der Waals surface area contributed by atoms with Gasteiger partial charge in [-0.3, -0.25) is 4.79 Å². The summed E-state index contributed by atoms with van der Waals surface area (Å²) in [6.07, 6.45) is 0. The molecule has 0 spiro atoms. The number of hydrogen-bond acceptors (Lipinski definition) is 2. The normalized spacial score (nSPS) is 10.4. The van der Waals surface area contributed by atoms with Gasteiger partial charge in [-0.2, -0.15) is 11.3 Å². The molecule has 0 aliphatic rings. The van der Waals surface area contributed by atoms with Crippen molar-refractivity contribution < 1.29 is 9.18 Å². The summed E-state index contributed by atoms with van der Waals surface area (Å²) in [5.41, 5.74) is 0.827. The van der Waals surface area contributed by atoms with Gasteiger partial charge in [-0.05, 0) is 34.1 Å². The lowest BCUT2D eigenvalue weighted by Gasteiger charge is -2.01. The van der Waals surface area contributed by atoms with Crippen molar-refractivity contribution in [2.24, 2.45) is 0 Å². The molecular weight excluding hydrogens is 315 g/mol. The van der Waals surface area contributed by atoms with E-state index in [9.17, 15) is 9.18 Å². The molecule has 5 heteroatoms. The number of rotatable bonds is 2. The van der Waals surface area contributed by atoms with Crippen molar-refractivity contribution >= 4 is 44.7 Å². The second-order valence-corrected chi connectivity index (χ2v) is 5.10. The van der Waals surface area contributed by atoms with Gasteiger partial charge in [0, 0.05) is 26.4 Å². The minimum Gasteiger partial charge on any atom is -0.289 e. The Morgan fingerprint density at radius 3 is 2.69 bits per heavy atom. The van der Waals surface area contributed by atoms with E-state index in [0.717, 1.165) is 10.5 Å². The fourth-order valence-corrected chi connectivity index (χ4v) is 2.81. The average Bonchev–Trinajstić information content (AvgIpc) is 2.67. The van der Waals surface area contributed by atoms with Gasteiger partial charge in [0.25, 0.3) is 0 Å². The van der Waals surface area contributed by atoms with Crippen LogP contribution in [-0.2, 0) is 0 Å². The second-order valence-electron chi connectivity index (χ2n) is 3.09. The molecule has 0 amide bonds. The van der Waals surface area contributed by atoms with Crippen LogP contribution in [0, 0.1) is 5.82 Å². The molecule has 0 unspecified atom stereocenters. The molecular formula is C11H5BrClFOS. The SMILES string of the molecule is O=C(c1ccc(Cl)c(F)c1)c1cscc1Br. The second kappa shape index (κ2) is 4.65. The topological polar surface area (TPSA) is 17.1 Å². The first-order valence-corrected chi connectivity index (χ1v) is 6.42. The number of carbonyl (C=O) groups is 1. The van der Waals surface area contributed by atoms with Crippen molar-refractivity contribution in [2.75, 3.05) is 0 Å². The van der Waals surface area contributed by atoms with Gasteiger partial charge in [-0.1, -0.05) is 11.6 Å². The molecule has 82 valence electrons. The molecule has 1 heterocycles. The molecule has 0 fully saturated rings. The molecule has 16 heavy (non-hydrogen) atoms. The van der Waals surface area contributed by atoms with Crippen LogP contribution in [0.1, 0.15) is 15.9 Å². The Labute approximate surface area is 109 Å². The maximum Gasteiger partial charge on any atom is 0.195 e. The van der Waals surface area contributed by atoms with Gasteiger partial charge < -0.3 is 0 Å². The van der Waals surface area contributed by atoms with Gasteiger partial charge in [0.15, 0.2) is 5.78 Å². The summed E-state index contributed by atoms with van der Waals surface area (Å²) < 4.78 is 13.9. The Bertz CT molecular complexity index is 553. The number of hydrogen-bond donors (Lipinski definition) is 0. The molecule has 0 aliphatic carbocycles. The van der Waals surface area contributed by atoms with Crippen LogP contribution in [-0.4, -0.2) is 5.78 Å². The van der Waals surface area contributed by atoms with E-state index in [1.807, 2.05) is 0 Å². The summed E-state index contributed by atoms with van der Waals surface area (Å²) in [4.78, 5) is 12.0. The minimum atomic E-state index is -0.584. The highest BCUT2D eigenvalue weighted by atomic mass is 79.9. The highest BCUT2D eigenvalue weighted by Crippen LogP contribution is 2.25. The third-order valence-electron chi connectivity index (χ3n) is 2.04. The summed E-state index contributed by atoms with van der Waals surface area (Å²) in [6, 6.07) is 4.04. The largest absolute Gasteiger partial charge is 0.289 e. The standard InChI is InChI=1S/C11H5BrClFOS/c12-8-5-16-4-7(8)11(15)6-1-2-9(13)10(14)3-6/h1-5H. The van der Waals surface area contributed by atoms with E-state index in [0.29, 0.717) is 11.1 Å². The molecule has 1 aromatic carbocycles. The lowest BCUT2D eigenvalue weighted by atomic mass is 10.1. The van der Waals surface area contributed by atoms with E-state index in [1.165, 1.54) is 23.5 Å². The van der Waals surface area contributed by atoms with Gasteiger partial charge in [-0.25, -0.2) is 4.39 Å². The van der Waals surface area contributed by atoms with Crippen molar-refractivity contribution in [2.45, 2.75) is 0 Å². The number of thiophene rings is 1. The van der Waals surface area contributed by atoms with E-state index >= 15 is 0 Å². The van der Waals surface area contributed by atoms with Crippen LogP contribution in [0.2, 0.25) is 5.02 Å². The molecule has 1 nitrogen and oxygen atoms in total. The first-order valence-electron chi connectivity index (χ1n) is 4.31. The predicted octanol–water partition coefficient (Wildman–Crippen LogP) is 4.53. The minimum absolute atomic E-state index is 0.0148. The Hall–Kier alpha value is -0.710. The van der Waals surface area contributed by atoms with E-state index in [1.54, 1.807) is 10.8 Å². The number of carbonyl (C=O) groups excluding carboxylic acids is 1. The molecule has 0 atom stereocenters. The lowest BCUT2D eigenvalue weighted by molar-refractivity contribution is 0.103. The molecule has 1 aromatic heterocycles. The zero-order valence-corrected chi connectivity index (χ0v) is 11.0. The van der Waals surface area contributed by atoms with Crippen LogP contribution in [0.3, 0.4) is 0 Å². The summed E-state index contributed by atoms with van der Waals surface area (Å²) in [6.45, 7) is 0. The van der Waals surface area contributed by atoms with Crippen LogP contribution in [0.25, 0.3) is 0 Å². The molecule has 0 N–H and O–H groups in total. The van der Waals surface area contributed by atoms with Crippen LogP contribution in [0.4, 0.5) is 4.39 Å².